The van der Waals surface area contributed by atoms with Crippen LogP contribution >= 0.6 is 0 Å². The van der Waals surface area contributed by atoms with Crippen molar-refractivity contribution in [3.63, 3.8) is 0 Å². The van der Waals surface area contributed by atoms with Gasteiger partial charge in [0.1, 0.15) is 5.54 Å². The molecule has 0 radical (unpaired) electrons. The van der Waals surface area contributed by atoms with Gasteiger partial charge in [-0.25, -0.2) is 4.79 Å². The Morgan fingerprint density at radius 2 is 1.92 bits per heavy atom. The minimum atomic E-state index is -0.825. The molecule has 0 atom stereocenters. The average Bonchev–Trinajstić information content (AvgIpc) is 3.10. The number of likely N-dealkylation sites (N-methyl/N-ethyl adjacent to an activating group) is 1. The molecular formula is C17H22N6O2. The van der Waals surface area contributed by atoms with Gasteiger partial charge in [0.2, 0.25) is 0 Å². The Labute approximate surface area is 146 Å². The second kappa shape index (κ2) is 6.64. The van der Waals surface area contributed by atoms with Gasteiger partial charge >= 0.3 is 6.03 Å². The first-order valence-corrected chi connectivity index (χ1v) is 8.16. The van der Waals surface area contributed by atoms with E-state index in [1.54, 1.807) is 24.8 Å². The summed E-state index contributed by atoms with van der Waals surface area (Å²) in [5.74, 6) is -0.194. The maximum atomic E-state index is 12.2. The van der Waals surface area contributed by atoms with E-state index in [0.717, 1.165) is 11.4 Å². The number of carbonyl (C=O) groups excluding carboxylic acids is 2. The number of aromatic nitrogens is 3. The molecule has 3 amide bonds. The first-order chi connectivity index (χ1) is 11.9. The van der Waals surface area contributed by atoms with Crippen LogP contribution in [0.2, 0.25) is 0 Å². The first-order valence-electron chi connectivity index (χ1n) is 8.16. The van der Waals surface area contributed by atoms with Crippen LogP contribution in [0.15, 0.2) is 36.5 Å². The van der Waals surface area contributed by atoms with E-state index in [2.05, 4.69) is 15.5 Å². The molecule has 1 N–H and O–H groups in total. The summed E-state index contributed by atoms with van der Waals surface area (Å²) in [6, 6.07) is 9.35. The van der Waals surface area contributed by atoms with Crippen molar-refractivity contribution < 1.29 is 9.59 Å². The number of benzene rings is 1. The largest absolute Gasteiger partial charge is 0.325 e. The van der Waals surface area contributed by atoms with Gasteiger partial charge in [0.15, 0.2) is 0 Å². The zero-order chi connectivity index (χ0) is 18.0. The van der Waals surface area contributed by atoms with E-state index in [1.165, 1.54) is 4.90 Å². The van der Waals surface area contributed by atoms with Crippen LogP contribution in [-0.4, -0.2) is 62.4 Å². The highest BCUT2D eigenvalue weighted by Crippen LogP contribution is 2.16. The molecular weight excluding hydrogens is 320 g/mol. The molecule has 1 aromatic carbocycles. The zero-order valence-corrected chi connectivity index (χ0v) is 14.6. The van der Waals surface area contributed by atoms with Crippen molar-refractivity contribution in [1.82, 2.24) is 30.1 Å². The number of rotatable bonds is 6. The number of nitrogens with zero attached hydrogens (tertiary/aromatic N) is 5. The second-order valence-electron chi connectivity index (χ2n) is 6.71. The summed E-state index contributed by atoms with van der Waals surface area (Å²) in [7, 11) is 1.92. The quantitative estimate of drug-likeness (QED) is 0.793. The van der Waals surface area contributed by atoms with Gasteiger partial charge in [0.05, 0.1) is 17.6 Å². The third-order valence-corrected chi connectivity index (χ3v) is 4.11. The summed E-state index contributed by atoms with van der Waals surface area (Å²) in [4.78, 5) is 28.9. The molecule has 2 aromatic rings. The summed E-state index contributed by atoms with van der Waals surface area (Å²) in [5, 5.41) is 11.4. The summed E-state index contributed by atoms with van der Waals surface area (Å²) in [6.07, 6.45) is 1.72. The average molecular weight is 342 g/mol. The van der Waals surface area contributed by atoms with Crippen molar-refractivity contribution in [2.45, 2.75) is 25.9 Å². The molecule has 0 bridgehead atoms. The minimum Gasteiger partial charge on any atom is -0.324 e. The van der Waals surface area contributed by atoms with E-state index in [0.29, 0.717) is 19.6 Å². The fourth-order valence-electron chi connectivity index (χ4n) is 2.70. The molecule has 1 fully saturated rings. The van der Waals surface area contributed by atoms with Crippen molar-refractivity contribution in [3.8, 4) is 5.69 Å². The molecule has 1 aromatic heterocycles. The molecule has 1 aliphatic rings. The number of carbonyl (C=O) groups is 2. The smallest absolute Gasteiger partial charge is 0.324 e. The predicted molar refractivity (Wildman–Crippen MR) is 92.0 cm³/mol. The summed E-state index contributed by atoms with van der Waals surface area (Å²) >= 11 is 0. The van der Waals surface area contributed by atoms with Crippen LogP contribution in [0, 0.1) is 0 Å². The number of para-hydroxylation sites is 1. The minimum absolute atomic E-state index is 0.194. The number of hydrogen-bond acceptors (Lipinski definition) is 5. The molecule has 1 aliphatic heterocycles. The Morgan fingerprint density at radius 3 is 2.56 bits per heavy atom. The summed E-state index contributed by atoms with van der Waals surface area (Å²) in [5.41, 5.74) is 0.899. The Bertz CT molecular complexity index is 770. The molecule has 3 rings (SSSR count). The van der Waals surface area contributed by atoms with Crippen molar-refractivity contribution in [1.29, 1.82) is 0 Å². The van der Waals surface area contributed by atoms with E-state index < -0.39 is 5.54 Å². The summed E-state index contributed by atoms with van der Waals surface area (Å²) in [6.45, 7) is 4.91. The van der Waals surface area contributed by atoms with Gasteiger partial charge in [-0.2, -0.15) is 15.0 Å². The van der Waals surface area contributed by atoms with E-state index in [-0.39, 0.29) is 11.9 Å². The second-order valence-corrected chi connectivity index (χ2v) is 6.71. The van der Waals surface area contributed by atoms with Crippen molar-refractivity contribution in [2.24, 2.45) is 0 Å². The Morgan fingerprint density at radius 1 is 1.20 bits per heavy atom. The monoisotopic (exact) mass is 342 g/mol. The highest BCUT2D eigenvalue weighted by molar-refractivity contribution is 6.06. The Balaban J connectivity index is 1.55. The maximum absolute atomic E-state index is 12.2. The Kier molecular flexibility index (Phi) is 4.54. The standard InChI is InChI=1S/C17H22N6O2/c1-17(2)15(24)22(16(25)19-17)10-9-21(3)12-13-11-18-23(20-13)14-7-5-4-6-8-14/h4-8,11H,9-10,12H2,1-3H3,(H,19,25). The Hall–Kier alpha value is -2.74. The lowest BCUT2D eigenvalue weighted by Gasteiger charge is -2.20. The molecule has 0 aliphatic carbocycles. The fraction of sp³-hybridized carbons (Fsp3) is 0.412. The van der Waals surface area contributed by atoms with Crippen LogP contribution in [0.5, 0.6) is 0 Å². The highest BCUT2D eigenvalue weighted by atomic mass is 16.2. The zero-order valence-electron chi connectivity index (χ0n) is 14.6. The van der Waals surface area contributed by atoms with E-state index >= 15 is 0 Å². The van der Waals surface area contributed by atoms with Gasteiger partial charge in [-0.15, -0.1) is 0 Å². The van der Waals surface area contributed by atoms with Crippen LogP contribution < -0.4 is 5.32 Å². The van der Waals surface area contributed by atoms with Crippen LogP contribution in [-0.2, 0) is 11.3 Å². The number of amides is 3. The number of nitrogens with one attached hydrogen (secondary N) is 1. The normalized spacial score (nSPS) is 16.6. The molecule has 8 nitrogen and oxygen atoms in total. The van der Waals surface area contributed by atoms with Crippen LogP contribution in [0.1, 0.15) is 19.5 Å². The van der Waals surface area contributed by atoms with E-state index in [4.69, 9.17) is 0 Å². The lowest BCUT2D eigenvalue weighted by Crippen LogP contribution is -2.41. The third-order valence-electron chi connectivity index (χ3n) is 4.11. The number of urea groups is 1. The topological polar surface area (TPSA) is 83.4 Å². The number of hydrogen-bond donors (Lipinski definition) is 1. The van der Waals surface area contributed by atoms with Crippen LogP contribution in [0.25, 0.3) is 5.69 Å². The van der Waals surface area contributed by atoms with Gasteiger partial charge < -0.3 is 5.32 Å². The molecule has 1 saturated heterocycles. The van der Waals surface area contributed by atoms with Gasteiger partial charge in [-0.3, -0.25) is 14.6 Å². The first kappa shape index (κ1) is 17.1. The van der Waals surface area contributed by atoms with E-state index in [9.17, 15) is 9.59 Å². The summed E-state index contributed by atoms with van der Waals surface area (Å²) < 4.78 is 0. The SMILES string of the molecule is CN(CCN1C(=O)NC(C)(C)C1=O)Cc1cnn(-c2ccccc2)n1. The number of imide groups is 1. The molecule has 0 spiro atoms. The lowest BCUT2D eigenvalue weighted by molar-refractivity contribution is -0.130. The van der Waals surface area contributed by atoms with Gasteiger partial charge in [-0.1, -0.05) is 18.2 Å². The van der Waals surface area contributed by atoms with Crippen molar-refractivity contribution in [2.75, 3.05) is 20.1 Å². The maximum Gasteiger partial charge on any atom is 0.325 e. The molecule has 2 heterocycles. The molecule has 0 saturated carbocycles. The predicted octanol–water partition coefficient (Wildman–Crippen LogP) is 1.03. The van der Waals surface area contributed by atoms with Gasteiger partial charge in [0, 0.05) is 19.6 Å². The lowest BCUT2D eigenvalue weighted by atomic mass is 10.1. The molecule has 0 unspecified atom stereocenters. The molecule has 8 heteroatoms. The van der Waals surface area contributed by atoms with Crippen LogP contribution in [0.4, 0.5) is 4.79 Å². The third kappa shape index (κ3) is 3.69. The van der Waals surface area contributed by atoms with Gasteiger partial charge in [-0.05, 0) is 33.0 Å². The molecule has 25 heavy (non-hydrogen) atoms. The van der Waals surface area contributed by atoms with Crippen molar-refractivity contribution >= 4 is 11.9 Å². The van der Waals surface area contributed by atoms with E-state index in [1.807, 2.05) is 42.3 Å². The van der Waals surface area contributed by atoms with Gasteiger partial charge in [0.25, 0.3) is 5.91 Å². The fourth-order valence-corrected chi connectivity index (χ4v) is 2.70. The van der Waals surface area contributed by atoms with Crippen LogP contribution in [0.3, 0.4) is 0 Å². The van der Waals surface area contributed by atoms with Crippen molar-refractivity contribution in [3.05, 3.63) is 42.2 Å². The molecule has 132 valence electrons. The highest BCUT2D eigenvalue weighted by Gasteiger charge is 2.43.